The Morgan fingerprint density at radius 1 is 0.960 bits per heavy atom. The lowest BCUT2D eigenvalue weighted by Crippen LogP contribution is -2.47. The molecule has 2 aromatic heterocycles. The molecule has 0 unspecified atom stereocenters. The number of para-hydroxylation sites is 1. The molecule has 1 saturated heterocycles. The van der Waals surface area contributed by atoms with Crippen LogP contribution >= 0.6 is 0 Å². The van der Waals surface area contributed by atoms with Gasteiger partial charge in [-0.25, -0.2) is 13.9 Å². The van der Waals surface area contributed by atoms with Crippen molar-refractivity contribution in [2.24, 2.45) is 0 Å². The molecule has 0 bridgehead atoms. The molecule has 0 saturated carbocycles. The normalized spacial score (nSPS) is 15.8. The average Bonchev–Trinajstić information content (AvgIpc) is 2.97. The maximum Gasteiger partial charge on any atom is 0.350 e. The van der Waals surface area contributed by atoms with E-state index in [2.05, 4.69) is 14.9 Å². The van der Waals surface area contributed by atoms with Gasteiger partial charge in [-0.2, -0.15) is 0 Å². The predicted molar refractivity (Wildman–Crippen MR) is 94.5 cm³/mol. The van der Waals surface area contributed by atoms with Crippen LogP contribution in [0.4, 0.5) is 10.1 Å². The summed E-state index contributed by atoms with van der Waals surface area (Å²) in [6.45, 7) is 4.56. The first-order chi connectivity index (χ1) is 12.2. The molecule has 1 aliphatic rings. The molecule has 0 radical (unpaired) electrons. The molecule has 6 nitrogen and oxygen atoms in total. The summed E-state index contributed by atoms with van der Waals surface area (Å²) in [7, 11) is 0. The molecule has 130 valence electrons. The lowest BCUT2D eigenvalue weighted by Gasteiger charge is -2.36. The van der Waals surface area contributed by atoms with Crippen molar-refractivity contribution in [3.8, 4) is 0 Å². The molecule has 0 aliphatic carbocycles. The Morgan fingerprint density at radius 3 is 2.48 bits per heavy atom. The minimum atomic E-state index is -0.174. The Hall–Kier alpha value is -2.67. The van der Waals surface area contributed by atoms with E-state index < -0.39 is 0 Å². The van der Waals surface area contributed by atoms with Crippen LogP contribution in [0.5, 0.6) is 0 Å². The maximum absolute atomic E-state index is 13.9. The number of rotatable bonds is 4. The molecule has 3 aromatic rings. The first-order valence-electron chi connectivity index (χ1n) is 8.48. The van der Waals surface area contributed by atoms with Crippen LogP contribution in [-0.4, -0.2) is 51.8 Å². The van der Waals surface area contributed by atoms with E-state index in [1.165, 1.54) is 10.7 Å². The van der Waals surface area contributed by atoms with Crippen LogP contribution in [0.3, 0.4) is 0 Å². The lowest BCUT2D eigenvalue weighted by atomic mass is 10.2. The number of halogens is 1. The van der Waals surface area contributed by atoms with Gasteiger partial charge in [0.2, 0.25) is 0 Å². The third-order valence-electron chi connectivity index (χ3n) is 4.68. The van der Waals surface area contributed by atoms with Crippen molar-refractivity contribution in [2.45, 2.75) is 6.54 Å². The van der Waals surface area contributed by atoms with Gasteiger partial charge >= 0.3 is 5.69 Å². The van der Waals surface area contributed by atoms with Gasteiger partial charge in [-0.3, -0.25) is 9.30 Å². The number of hydrogen-bond donors (Lipinski definition) is 0. The fraction of sp³-hybridized carbons (Fsp3) is 0.333. The van der Waals surface area contributed by atoms with Gasteiger partial charge in [0.05, 0.1) is 12.2 Å². The molecule has 4 rings (SSSR count). The standard InChI is InChI=1S/C18H20FN5O/c19-15-5-1-2-6-16(15)22-12-9-21(10-13-22)11-14-24-18(25)23-8-4-3-7-17(23)20-24/h1-8H,9-14H2. The predicted octanol–water partition coefficient (Wildman–Crippen LogP) is 1.46. The number of benzene rings is 1. The molecule has 0 atom stereocenters. The summed E-state index contributed by atoms with van der Waals surface area (Å²) in [5.41, 5.74) is 1.22. The van der Waals surface area contributed by atoms with Gasteiger partial charge < -0.3 is 4.90 Å². The second-order valence-electron chi connectivity index (χ2n) is 6.21. The molecule has 3 heterocycles. The summed E-state index contributed by atoms with van der Waals surface area (Å²) in [5, 5.41) is 4.35. The highest BCUT2D eigenvalue weighted by Gasteiger charge is 2.19. The second kappa shape index (κ2) is 6.68. The van der Waals surface area contributed by atoms with Crippen LogP contribution in [0, 0.1) is 5.82 Å². The van der Waals surface area contributed by atoms with Crippen LogP contribution in [0.1, 0.15) is 0 Å². The zero-order valence-electron chi connectivity index (χ0n) is 13.9. The van der Waals surface area contributed by atoms with Crippen molar-refractivity contribution in [2.75, 3.05) is 37.6 Å². The van der Waals surface area contributed by atoms with Gasteiger partial charge in [0.15, 0.2) is 5.65 Å². The van der Waals surface area contributed by atoms with Gasteiger partial charge in [-0.1, -0.05) is 18.2 Å². The summed E-state index contributed by atoms with van der Waals surface area (Å²) < 4.78 is 16.9. The van der Waals surface area contributed by atoms with Crippen LogP contribution in [0.2, 0.25) is 0 Å². The van der Waals surface area contributed by atoms with Gasteiger partial charge in [0.1, 0.15) is 5.82 Å². The Labute approximate surface area is 144 Å². The van der Waals surface area contributed by atoms with Crippen molar-refractivity contribution < 1.29 is 4.39 Å². The van der Waals surface area contributed by atoms with Crippen LogP contribution < -0.4 is 10.6 Å². The number of piperazine rings is 1. The highest BCUT2D eigenvalue weighted by Crippen LogP contribution is 2.19. The summed E-state index contributed by atoms with van der Waals surface area (Å²) in [6.07, 6.45) is 1.73. The van der Waals surface area contributed by atoms with E-state index in [0.717, 1.165) is 32.7 Å². The zero-order chi connectivity index (χ0) is 17.2. The third kappa shape index (κ3) is 3.15. The van der Waals surface area contributed by atoms with E-state index in [1.807, 2.05) is 30.3 Å². The second-order valence-corrected chi connectivity index (χ2v) is 6.21. The summed E-state index contributed by atoms with van der Waals surface area (Å²) in [4.78, 5) is 16.6. The average molecular weight is 341 g/mol. The molecule has 0 spiro atoms. The summed E-state index contributed by atoms with van der Waals surface area (Å²) in [6, 6.07) is 12.4. The Balaban J connectivity index is 1.36. The molecule has 1 fully saturated rings. The van der Waals surface area contributed by atoms with Gasteiger partial charge in [-0.15, -0.1) is 5.10 Å². The number of anilines is 1. The van der Waals surface area contributed by atoms with Gasteiger partial charge in [0.25, 0.3) is 0 Å². The minimum absolute atomic E-state index is 0.111. The lowest BCUT2D eigenvalue weighted by molar-refractivity contribution is 0.243. The number of nitrogens with zero attached hydrogens (tertiary/aromatic N) is 5. The maximum atomic E-state index is 13.9. The SMILES string of the molecule is O=c1n(CCN2CCN(c3ccccc3F)CC2)nc2ccccn12. The van der Waals surface area contributed by atoms with Crippen molar-refractivity contribution in [1.82, 2.24) is 19.1 Å². The zero-order valence-corrected chi connectivity index (χ0v) is 13.9. The van der Waals surface area contributed by atoms with E-state index in [0.29, 0.717) is 17.9 Å². The molecule has 0 amide bonds. The first kappa shape index (κ1) is 15.8. The van der Waals surface area contributed by atoms with E-state index in [1.54, 1.807) is 16.7 Å². The van der Waals surface area contributed by atoms with Crippen molar-refractivity contribution >= 4 is 11.3 Å². The highest BCUT2D eigenvalue weighted by molar-refractivity contribution is 5.48. The monoisotopic (exact) mass is 341 g/mol. The van der Waals surface area contributed by atoms with Gasteiger partial charge in [-0.05, 0) is 24.3 Å². The summed E-state index contributed by atoms with van der Waals surface area (Å²) in [5.74, 6) is -0.174. The van der Waals surface area contributed by atoms with E-state index in [4.69, 9.17) is 0 Å². The molecular formula is C18H20FN5O. The molecule has 25 heavy (non-hydrogen) atoms. The largest absolute Gasteiger partial charge is 0.367 e. The number of pyridine rings is 1. The van der Waals surface area contributed by atoms with Gasteiger partial charge in [0, 0.05) is 38.9 Å². The number of hydrogen-bond acceptors (Lipinski definition) is 4. The first-order valence-corrected chi connectivity index (χ1v) is 8.48. The fourth-order valence-electron chi connectivity index (χ4n) is 3.27. The number of aromatic nitrogens is 3. The number of fused-ring (bicyclic) bond motifs is 1. The van der Waals surface area contributed by atoms with Crippen molar-refractivity contribution in [3.05, 3.63) is 65.0 Å². The Morgan fingerprint density at radius 2 is 1.72 bits per heavy atom. The Kier molecular flexibility index (Phi) is 4.23. The summed E-state index contributed by atoms with van der Waals surface area (Å²) >= 11 is 0. The van der Waals surface area contributed by atoms with E-state index in [-0.39, 0.29) is 11.5 Å². The fourth-order valence-corrected chi connectivity index (χ4v) is 3.27. The third-order valence-corrected chi connectivity index (χ3v) is 4.68. The van der Waals surface area contributed by atoms with E-state index in [9.17, 15) is 9.18 Å². The molecule has 7 heteroatoms. The van der Waals surface area contributed by atoms with E-state index >= 15 is 0 Å². The van der Waals surface area contributed by atoms with Crippen molar-refractivity contribution in [1.29, 1.82) is 0 Å². The van der Waals surface area contributed by atoms with Crippen LogP contribution in [0.25, 0.3) is 5.65 Å². The quantitative estimate of drug-likeness (QED) is 0.721. The smallest absolute Gasteiger partial charge is 0.350 e. The Bertz CT molecular complexity index is 926. The molecule has 1 aromatic carbocycles. The van der Waals surface area contributed by atoms with Crippen molar-refractivity contribution in [3.63, 3.8) is 0 Å². The minimum Gasteiger partial charge on any atom is -0.367 e. The topological polar surface area (TPSA) is 45.8 Å². The highest BCUT2D eigenvalue weighted by atomic mass is 19.1. The molecule has 0 N–H and O–H groups in total. The van der Waals surface area contributed by atoms with Crippen LogP contribution in [0.15, 0.2) is 53.5 Å². The molecule has 1 aliphatic heterocycles. The molecular weight excluding hydrogens is 321 g/mol. The van der Waals surface area contributed by atoms with Crippen LogP contribution in [-0.2, 0) is 6.54 Å².